The summed E-state index contributed by atoms with van der Waals surface area (Å²) in [6.07, 6.45) is -5.12. The van der Waals surface area contributed by atoms with Crippen LogP contribution in [0.2, 0.25) is 0 Å². The van der Waals surface area contributed by atoms with Crippen LogP contribution >= 0.6 is 0 Å². The molecule has 2 rings (SSSR count). The topological polar surface area (TPSA) is 157 Å². The Morgan fingerprint density at radius 2 is 1.85 bits per heavy atom. The van der Waals surface area contributed by atoms with Gasteiger partial charge in [0.2, 0.25) is 0 Å². The molecule has 0 aromatic carbocycles. The predicted octanol–water partition coefficient (Wildman–Crippen LogP) is -1.22. The molecule has 0 saturated carbocycles. The Bertz CT molecular complexity index is 600. The zero-order valence-electron chi connectivity index (χ0n) is 15.5. The van der Waals surface area contributed by atoms with Crippen LogP contribution in [0, 0.1) is 11.8 Å². The number of ether oxygens (including phenoxy) is 2. The van der Waals surface area contributed by atoms with Gasteiger partial charge in [0.15, 0.2) is 0 Å². The molecule has 1 aliphatic carbocycles. The molecule has 9 nitrogen and oxygen atoms in total. The molecule has 0 amide bonds. The smallest absolute Gasteiger partial charge is 0.316 e. The molecule has 0 aromatic heterocycles. The third-order valence-corrected chi connectivity index (χ3v) is 5.20. The Morgan fingerprint density at radius 1 is 1.22 bits per heavy atom. The minimum Gasteiger partial charge on any atom is -0.508 e. The SMILES string of the molecule is CC(C)C(C)OC(=O)C1C=C(O)C=CC1(O)[C@@H]1O[C@H](CO)[C@@H](O)[C@H](O)[C@H]1O. The maximum atomic E-state index is 12.7. The minimum atomic E-state index is -2.19. The molecule has 0 aromatic rings. The van der Waals surface area contributed by atoms with E-state index in [-0.39, 0.29) is 11.7 Å². The molecular weight excluding hydrogens is 360 g/mol. The molecule has 2 aliphatic rings. The number of esters is 1. The summed E-state index contributed by atoms with van der Waals surface area (Å²) in [5.74, 6) is -2.58. The second-order valence-corrected chi connectivity index (χ2v) is 7.43. The molecule has 0 bridgehead atoms. The van der Waals surface area contributed by atoms with Gasteiger partial charge in [-0.2, -0.15) is 0 Å². The van der Waals surface area contributed by atoms with E-state index in [9.17, 15) is 35.4 Å². The first-order valence-electron chi connectivity index (χ1n) is 8.86. The molecule has 3 unspecified atom stereocenters. The summed E-state index contributed by atoms with van der Waals surface area (Å²) in [5.41, 5.74) is -2.19. The van der Waals surface area contributed by atoms with E-state index in [4.69, 9.17) is 9.47 Å². The molecule has 154 valence electrons. The summed E-state index contributed by atoms with van der Waals surface area (Å²) in [5, 5.41) is 60.6. The minimum absolute atomic E-state index is 0.00557. The fraction of sp³-hybridized carbons (Fsp3) is 0.722. The van der Waals surface area contributed by atoms with Crippen LogP contribution in [-0.4, -0.2) is 85.4 Å². The van der Waals surface area contributed by atoms with Gasteiger partial charge in [0.1, 0.15) is 53.9 Å². The Labute approximate surface area is 157 Å². The van der Waals surface area contributed by atoms with Crippen molar-refractivity contribution >= 4 is 5.97 Å². The second kappa shape index (κ2) is 8.26. The Kier molecular flexibility index (Phi) is 6.67. The van der Waals surface area contributed by atoms with Crippen molar-refractivity contribution < 1.29 is 44.9 Å². The van der Waals surface area contributed by atoms with Crippen LogP contribution in [0.4, 0.5) is 0 Å². The average Bonchev–Trinajstić information content (AvgIpc) is 2.61. The van der Waals surface area contributed by atoms with Crippen LogP contribution in [0.3, 0.4) is 0 Å². The normalized spacial score (nSPS) is 40.6. The number of carbonyl (C=O) groups is 1. The monoisotopic (exact) mass is 388 g/mol. The molecule has 1 aliphatic heterocycles. The van der Waals surface area contributed by atoms with Crippen LogP contribution in [0.15, 0.2) is 24.0 Å². The Balaban J connectivity index is 2.35. The molecule has 1 fully saturated rings. The third kappa shape index (κ3) is 4.18. The highest BCUT2D eigenvalue weighted by molar-refractivity contribution is 5.78. The van der Waals surface area contributed by atoms with Gasteiger partial charge in [0, 0.05) is 0 Å². The molecule has 0 spiro atoms. The van der Waals surface area contributed by atoms with Crippen LogP contribution in [0.25, 0.3) is 0 Å². The van der Waals surface area contributed by atoms with E-state index < -0.39 is 60.7 Å². The van der Waals surface area contributed by atoms with E-state index in [1.165, 1.54) is 0 Å². The maximum Gasteiger partial charge on any atom is 0.316 e. The summed E-state index contributed by atoms with van der Waals surface area (Å²) in [4.78, 5) is 12.7. The largest absolute Gasteiger partial charge is 0.508 e. The first-order valence-corrected chi connectivity index (χ1v) is 8.86. The molecule has 8 atom stereocenters. The van der Waals surface area contributed by atoms with Gasteiger partial charge in [-0.3, -0.25) is 4.79 Å². The van der Waals surface area contributed by atoms with Crippen molar-refractivity contribution in [2.45, 2.75) is 63.0 Å². The molecule has 9 heteroatoms. The van der Waals surface area contributed by atoms with Crippen molar-refractivity contribution in [3.63, 3.8) is 0 Å². The van der Waals surface area contributed by atoms with Gasteiger partial charge in [-0.05, 0) is 31.1 Å². The quantitative estimate of drug-likeness (QED) is 0.318. The van der Waals surface area contributed by atoms with Crippen molar-refractivity contribution in [3.05, 3.63) is 24.0 Å². The van der Waals surface area contributed by atoms with Gasteiger partial charge >= 0.3 is 5.97 Å². The number of allylic oxidation sites excluding steroid dienone is 1. The lowest BCUT2D eigenvalue weighted by atomic mass is 9.74. The lowest BCUT2D eigenvalue weighted by Gasteiger charge is -2.48. The maximum absolute atomic E-state index is 12.7. The number of carbonyl (C=O) groups excluding carboxylic acids is 1. The Hall–Kier alpha value is -1.49. The summed E-state index contributed by atoms with van der Waals surface area (Å²) in [6.45, 7) is 4.69. The predicted molar refractivity (Wildman–Crippen MR) is 92.5 cm³/mol. The highest BCUT2D eigenvalue weighted by atomic mass is 16.6. The lowest BCUT2D eigenvalue weighted by Crippen LogP contribution is -2.67. The fourth-order valence-electron chi connectivity index (χ4n) is 3.09. The molecule has 1 heterocycles. The van der Waals surface area contributed by atoms with E-state index in [2.05, 4.69) is 0 Å². The average molecular weight is 388 g/mol. The summed E-state index contributed by atoms with van der Waals surface area (Å²) in [6, 6.07) is 0. The van der Waals surface area contributed by atoms with Gasteiger partial charge in [0.05, 0.1) is 6.61 Å². The van der Waals surface area contributed by atoms with Crippen molar-refractivity contribution in [2.75, 3.05) is 6.61 Å². The van der Waals surface area contributed by atoms with Crippen molar-refractivity contribution in [3.8, 4) is 0 Å². The van der Waals surface area contributed by atoms with E-state index in [0.717, 1.165) is 18.2 Å². The zero-order chi connectivity index (χ0) is 20.5. The van der Waals surface area contributed by atoms with Gasteiger partial charge in [0.25, 0.3) is 0 Å². The number of aliphatic hydroxyl groups excluding tert-OH is 5. The van der Waals surface area contributed by atoms with Crippen molar-refractivity contribution in [1.82, 2.24) is 0 Å². The molecule has 0 radical (unpaired) electrons. The molecule has 1 saturated heterocycles. The van der Waals surface area contributed by atoms with Gasteiger partial charge in [-0.15, -0.1) is 0 Å². The number of hydrogen-bond donors (Lipinski definition) is 6. The van der Waals surface area contributed by atoms with E-state index in [0.29, 0.717) is 0 Å². The van der Waals surface area contributed by atoms with Crippen LogP contribution in [0.1, 0.15) is 20.8 Å². The van der Waals surface area contributed by atoms with E-state index >= 15 is 0 Å². The van der Waals surface area contributed by atoms with E-state index in [1.54, 1.807) is 6.92 Å². The molecule has 27 heavy (non-hydrogen) atoms. The van der Waals surface area contributed by atoms with Crippen LogP contribution < -0.4 is 0 Å². The fourth-order valence-corrected chi connectivity index (χ4v) is 3.09. The van der Waals surface area contributed by atoms with Gasteiger partial charge in [-0.25, -0.2) is 0 Å². The summed E-state index contributed by atoms with van der Waals surface area (Å²) in [7, 11) is 0. The summed E-state index contributed by atoms with van der Waals surface area (Å²) >= 11 is 0. The number of hydrogen-bond acceptors (Lipinski definition) is 9. The van der Waals surface area contributed by atoms with Crippen LogP contribution in [-0.2, 0) is 14.3 Å². The van der Waals surface area contributed by atoms with Gasteiger partial charge < -0.3 is 40.1 Å². The zero-order valence-corrected chi connectivity index (χ0v) is 15.5. The molecule has 6 N–H and O–H groups in total. The lowest BCUT2D eigenvalue weighted by molar-refractivity contribution is -0.267. The highest BCUT2D eigenvalue weighted by Gasteiger charge is 2.56. The van der Waals surface area contributed by atoms with E-state index in [1.807, 2.05) is 13.8 Å². The summed E-state index contributed by atoms with van der Waals surface area (Å²) < 4.78 is 10.7. The highest BCUT2D eigenvalue weighted by Crippen LogP contribution is 2.38. The van der Waals surface area contributed by atoms with Crippen LogP contribution in [0.5, 0.6) is 0 Å². The number of rotatable bonds is 5. The first-order chi connectivity index (χ1) is 12.5. The first kappa shape index (κ1) is 21.8. The second-order valence-electron chi connectivity index (χ2n) is 7.43. The third-order valence-electron chi connectivity index (χ3n) is 5.20. The number of aliphatic hydroxyl groups is 6. The van der Waals surface area contributed by atoms with Crippen molar-refractivity contribution in [1.29, 1.82) is 0 Å². The van der Waals surface area contributed by atoms with Gasteiger partial charge in [-0.1, -0.05) is 13.8 Å². The Morgan fingerprint density at radius 3 is 2.41 bits per heavy atom. The standard InChI is InChI=1S/C18H28O9/c1-8(2)9(3)26-17(24)11-6-10(20)4-5-18(11,25)16-15(23)14(22)13(21)12(7-19)27-16/h4-6,8-9,11-16,19-23,25H,7H2,1-3H3/t9?,11?,12-,13-,14+,15-,16-,18?/m1/s1. The molecular formula is C18H28O9. The van der Waals surface area contributed by atoms with Crippen molar-refractivity contribution in [2.24, 2.45) is 11.8 Å².